The molecule has 0 aliphatic carbocycles. The van der Waals surface area contributed by atoms with Crippen LogP contribution >= 0.6 is 11.3 Å². The van der Waals surface area contributed by atoms with Gasteiger partial charge in [0.25, 0.3) is 5.56 Å². The number of carbonyl (C=O) groups is 1. The third-order valence-electron chi connectivity index (χ3n) is 2.91. The molecular weight excluding hydrogens is 323 g/mol. The molecule has 0 fully saturated rings. The summed E-state index contributed by atoms with van der Waals surface area (Å²) in [6, 6.07) is 6.60. The van der Waals surface area contributed by atoms with E-state index in [1.165, 1.54) is 46.1 Å². The van der Waals surface area contributed by atoms with Crippen LogP contribution in [0.2, 0.25) is 0 Å². The number of carbonyl (C=O) groups excluding carboxylic acids is 1. The number of esters is 1. The van der Waals surface area contributed by atoms with E-state index >= 15 is 0 Å². The number of benzene rings is 1. The molecule has 3 rings (SSSR count). The van der Waals surface area contributed by atoms with Crippen molar-refractivity contribution in [2.45, 2.75) is 6.61 Å². The minimum Gasteiger partial charge on any atom is -0.482 e. The highest BCUT2D eigenvalue weighted by Gasteiger charge is 2.08. The zero-order chi connectivity index (χ0) is 16.2. The third-order valence-corrected chi connectivity index (χ3v) is 3.66. The van der Waals surface area contributed by atoms with Gasteiger partial charge in [0, 0.05) is 17.6 Å². The summed E-state index contributed by atoms with van der Waals surface area (Å²) in [4.78, 5) is 28.2. The minimum atomic E-state index is -0.609. The van der Waals surface area contributed by atoms with Gasteiger partial charge in [-0.25, -0.2) is 14.2 Å². The lowest BCUT2D eigenvalue weighted by Gasteiger charge is -2.06. The van der Waals surface area contributed by atoms with E-state index in [1.807, 2.05) is 0 Å². The molecule has 0 spiro atoms. The quantitative estimate of drug-likeness (QED) is 0.668. The zero-order valence-electron chi connectivity index (χ0n) is 11.8. The molecule has 0 saturated carbocycles. The van der Waals surface area contributed by atoms with Gasteiger partial charge in [-0.2, -0.15) is 0 Å². The number of thiazole rings is 1. The molecular formula is C15H11FN2O4S. The van der Waals surface area contributed by atoms with Gasteiger partial charge in [-0.3, -0.25) is 9.20 Å². The average molecular weight is 334 g/mol. The van der Waals surface area contributed by atoms with Crippen LogP contribution < -0.4 is 10.3 Å². The molecule has 3 aromatic rings. The molecule has 0 N–H and O–H groups in total. The first-order valence-corrected chi connectivity index (χ1v) is 7.49. The van der Waals surface area contributed by atoms with Crippen molar-refractivity contribution in [1.29, 1.82) is 0 Å². The molecule has 0 bridgehead atoms. The second kappa shape index (κ2) is 6.57. The smallest absolute Gasteiger partial charge is 0.344 e. The molecule has 2 aromatic heterocycles. The summed E-state index contributed by atoms with van der Waals surface area (Å²) in [5.41, 5.74) is 0.137. The van der Waals surface area contributed by atoms with Gasteiger partial charge >= 0.3 is 5.97 Å². The van der Waals surface area contributed by atoms with Crippen molar-refractivity contribution in [3.63, 3.8) is 0 Å². The van der Waals surface area contributed by atoms with E-state index in [2.05, 4.69) is 4.98 Å². The molecule has 0 unspecified atom stereocenters. The van der Waals surface area contributed by atoms with Crippen LogP contribution in [0.1, 0.15) is 5.69 Å². The molecule has 2 heterocycles. The molecule has 0 aliphatic rings. The number of halogens is 1. The molecule has 118 valence electrons. The summed E-state index contributed by atoms with van der Waals surface area (Å²) in [6.45, 7) is -0.429. The van der Waals surface area contributed by atoms with Crippen molar-refractivity contribution in [3.8, 4) is 5.75 Å². The molecule has 6 nitrogen and oxygen atoms in total. The van der Waals surface area contributed by atoms with Crippen LogP contribution in [0.4, 0.5) is 4.39 Å². The predicted molar refractivity (Wildman–Crippen MR) is 81.0 cm³/mol. The van der Waals surface area contributed by atoms with Gasteiger partial charge in [-0.15, -0.1) is 11.3 Å². The first-order valence-electron chi connectivity index (χ1n) is 6.61. The lowest BCUT2D eigenvalue weighted by Crippen LogP contribution is -2.17. The van der Waals surface area contributed by atoms with Gasteiger partial charge in [0.15, 0.2) is 11.6 Å². The normalized spacial score (nSPS) is 10.7. The number of aromatic nitrogens is 2. The zero-order valence-corrected chi connectivity index (χ0v) is 12.6. The number of rotatable bonds is 5. The standard InChI is InChI=1S/C15H11FN2O4S/c16-10-1-3-12(4-2-10)21-9-14(20)22-8-11-7-13(19)18-5-6-23-15(18)17-11/h1-7H,8-9H2. The lowest BCUT2D eigenvalue weighted by molar-refractivity contribution is -0.147. The maximum Gasteiger partial charge on any atom is 0.344 e. The van der Waals surface area contributed by atoms with Crippen LogP contribution in [0.15, 0.2) is 46.7 Å². The Balaban J connectivity index is 1.55. The van der Waals surface area contributed by atoms with Crippen LogP contribution in [0.3, 0.4) is 0 Å². The van der Waals surface area contributed by atoms with Crippen molar-refractivity contribution < 1.29 is 18.7 Å². The van der Waals surface area contributed by atoms with E-state index in [1.54, 1.807) is 11.6 Å². The molecule has 23 heavy (non-hydrogen) atoms. The van der Waals surface area contributed by atoms with E-state index < -0.39 is 5.97 Å². The van der Waals surface area contributed by atoms with Gasteiger partial charge in [0.2, 0.25) is 0 Å². The van der Waals surface area contributed by atoms with Gasteiger partial charge in [-0.05, 0) is 24.3 Å². The molecule has 0 saturated heterocycles. The Morgan fingerprint density at radius 1 is 1.30 bits per heavy atom. The fourth-order valence-electron chi connectivity index (χ4n) is 1.83. The third kappa shape index (κ3) is 3.72. The minimum absolute atomic E-state index is 0.116. The van der Waals surface area contributed by atoms with Crippen molar-refractivity contribution in [3.05, 3.63) is 63.8 Å². The number of fused-ring (bicyclic) bond motifs is 1. The van der Waals surface area contributed by atoms with Crippen LogP contribution in [0.25, 0.3) is 4.96 Å². The highest BCUT2D eigenvalue weighted by Crippen LogP contribution is 2.11. The Kier molecular flexibility index (Phi) is 4.33. The fourth-order valence-corrected chi connectivity index (χ4v) is 2.57. The van der Waals surface area contributed by atoms with Gasteiger partial charge in [0.1, 0.15) is 18.2 Å². The number of ether oxygens (including phenoxy) is 2. The van der Waals surface area contributed by atoms with Gasteiger partial charge in [0.05, 0.1) is 5.69 Å². The summed E-state index contributed by atoms with van der Waals surface area (Å²) in [5, 5.41) is 1.75. The SMILES string of the molecule is O=C(COc1ccc(F)cc1)OCc1cc(=O)n2ccsc2n1. The van der Waals surface area contributed by atoms with Crippen molar-refractivity contribution >= 4 is 22.3 Å². The Morgan fingerprint density at radius 3 is 2.87 bits per heavy atom. The van der Waals surface area contributed by atoms with E-state index in [0.29, 0.717) is 16.4 Å². The Bertz CT molecular complexity index is 888. The molecule has 0 atom stereocenters. The lowest BCUT2D eigenvalue weighted by atomic mass is 10.3. The monoisotopic (exact) mass is 334 g/mol. The summed E-state index contributed by atoms with van der Waals surface area (Å²) < 4.78 is 24.3. The summed E-state index contributed by atoms with van der Waals surface area (Å²) in [6.07, 6.45) is 1.63. The first kappa shape index (κ1) is 15.2. The molecule has 0 amide bonds. The second-order valence-electron chi connectivity index (χ2n) is 4.54. The second-order valence-corrected chi connectivity index (χ2v) is 5.42. The highest BCUT2D eigenvalue weighted by molar-refractivity contribution is 7.15. The fraction of sp³-hybridized carbons (Fsp3) is 0.133. The van der Waals surface area contributed by atoms with Crippen molar-refractivity contribution in [2.75, 3.05) is 6.61 Å². The number of hydrogen-bond acceptors (Lipinski definition) is 6. The maximum absolute atomic E-state index is 12.7. The highest BCUT2D eigenvalue weighted by atomic mass is 32.1. The van der Waals surface area contributed by atoms with E-state index in [-0.39, 0.29) is 24.6 Å². The average Bonchev–Trinajstić information content (AvgIpc) is 3.01. The molecule has 0 radical (unpaired) electrons. The van der Waals surface area contributed by atoms with E-state index in [0.717, 1.165) is 0 Å². The molecule has 8 heteroatoms. The summed E-state index contributed by atoms with van der Waals surface area (Å²) in [5.74, 6) is -0.636. The van der Waals surface area contributed by atoms with Crippen molar-refractivity contribution in [1.82, 2.24) is 9.38 Å². The van der Waals surface area contributed by atoms with E-state index in [4.69, 9.17) is 9.47 Å². The van der Waals surface area contributed by atoms with Gasteiger partial charge < -0.3 is 9.47 Å². The predicted octanol–water partition coefficient (Wildman–Crippen LogP) is 2.02. The summed E-state index contributed by atoms with van der Waals surface area (Å²) in [7, 11) is 0. The molecule has 0 aliphatic heterocycles. The van der Waals surface area contributed by atoms with Crippen molar-refractivity contribution in [2.24, 2.45) is 0 Å². The Morgan fingerprint density at radius 2 is 2.09 bits per heavy atom. The van der Waals surface area contributed by atoms with E-state index in [9.17, 15) is 14.0 Å². The van der Waals surface area contributed by atoms with Crippen LogP contribution in [0, 0.1) is 5.82 Å². The van der Waals surface area contributed by atoms with Crippen LogP contribution in [-0.4, -0.2) is 22.0 Å². The largest absolute Gasteiger partial charge is 0.482 e. The number of nitrogens with zero attached hydrogens (tertiary/aromatic N) is 2. The first-order chi connectivity index (χ1) is 11.1. The van der Waals surface area contributed by atoms with Gasteiger partial charge in [-0.1, -0.05) is 0 Å². The topological polar surface area (TPSA) is 69.9 Å². The maximum atomic E-state index is 12.7. The Labute approximate surface area is 133 Å². The Hall–Kier alpha value is -2.74. The molecule has 1 aromatic carbocycles. The number of hydrogen-bond donors (Lipinski definition) is 0. The summed E-state index contributed by atoms with van der Waals surface area (Å²) >= 11 is 1.31. The van der Waals surface area contributed by atoms with Crippen LogP contribution in [0.5, 0.6) is 5.75 Å². The van der Waals surface area contributed by atoms with Crippen LogP contribution in [-0.2, 0) is 16.1 Å².